The first-order valence-electron chi connectivity index (χ1n) is 8.40. The Bertz CT molecular complexity index is 599. The number of carbonyl (C=O) groups excluding carboxylic acids is 1. The molecule has 0 aliphatic heterocycles. The minimum absolute atomic E-state index is 0.0206. The van der Waals surface area contributed by atoms with Crippen LogP contribution in [0.25, 0.3) is 0 Å². The van der Waals surface area contributed by atoms with E-state index < -0.39 is 5.60 Å². The van der Waals surface area contributed by atoms with Crippen LogP contribution in [0.1, 0.15) is 50.6 Å². The summed E-state index contributed by atoms with van der Waals surface area (Å²) in [6, 6.07) is 5.66. The fraction of sp³-hybridized carbons (Fsp3) is 0.667. The molecule has 1 heterocycles. The summed E-state index contributed by atoms with van der Waals surface area (Å²) in [6.45, 7) is 1.92. The normalized spacial score (nSPS) is 39.0. The van der Waals surface area contributed by atoms with Gasteiger partial charge < -0.3 is 10.4 Å². The fourth-order valence-corrected chi connectivity index (χ4v) is 5.75. The van der Waals surface area contributed by atoms with Gasteiger partial charge in [-0.15, -0.1) is 0 Å². The van der Waals surface area contributed by atoms with E-state index in [1.165, 1.54) is 6.42 Å². The third kappa shape index (κ3) is 2.54. The topological polar surface area (TPSA) is 62.2 Å². The Morgan fingerprint density at radius 2 is 2.05 bits per heavy atom. The highest BCUT2D eigenvalue weighted by Gasteiger charge is 2.57. The molecule has 1 aromatic rings. The number of carbonyl (C=O) groups is 1. The largest absolute Gasteiger partial charge is 0.390 e. The number of pyridine rings is 1. The molecule has 4 aliphatic rings. The van der Waals surface area contributed by atoms with Crippen LogP contribution >= 0.6 is 0 Å². The van der Waals surface area contributed by atoms with Crippen molar-refractivity contribution in [1.29, 1.82) is 0 Å². The van der Waals surface area contributed by atoms with Gasteiger partial charge in [0.2, 0.25) is 5.91 Å². The maximum Gasteiger partial charge on any atom is 0.226 e. The van der Waals surface area contributed by atoms with Crippen molar-refractivity contribution in [1.82, 2.24) is 4.98 Å². The molecule has 4 fully saturated rings. The third-order valence-electron chi connectivity index (χ3n) is 5.84. The maximum absolute atomic E-state index is 12.5. The summed E-state index contributed by atoms with van der Waals surface area (Å²) in [7, 11) is 0. The van der Waals surface area contributed by atoms with Crippen LogP contribution in [0.4, 0.5) is 5.82 Å². The Labute approximate surface area is 131 Å². The second kappa shape index (κ2) is 4.79. The molecule has 5 rings (SSSR count). The molecule has 2 N–H and O–H groups in total. The average Bonchev–Trinajstić information content (AvgIpc) is 2.34. The minimum atomic E-state index is -0.494. The first-order chi connectivity index (χ1) is 10.4. The van der Waals surface area contributed by atoms with Crippen LogP contribution < -0.4 is 5.32 Å². The van der Waals surface area contributed by atoms with E-state index in [1.54, 1.807) is 0 Å². The van der Waals surface area contributed by atoms with Gasteiger partial charge in [0, 0.05) is 12.1 Å². The quantitative estimate of drug-likeness (QED) is 0.902. The Kier molecular flexibility index (Phi) is 3.09. The van der Waals surface area contributed by atoms with Crippen LogP contribution in [0.2, 0.25) is 0 Å². The number of hydrogen-bond acceptors (Lipinski definition) is 3. The number of rotatable bonds is 3. The predicted molar refractivity (Wildman–Crippen MR) is 84.3 cm³/mol. The molecule has 0 aromatic carbocycles. The maximum atomic E-state index is 12.5. The highest BCUT2D eigenvalue weighted by molar-refractivity contribution is 5.90. The van der Waals surface area contributed by atoms with Gasteiger partial charge in [0.15, 0.2) is 0 Å². The van der Waals surface area contributed by atoms with Gasteiger partial charge in [-0.1, -0.05) is 6.07 Å². The number of anilines is 1. The molecule has 0 radical (unpaired) electrons. The van der Waals surface area contributed by atoms with Crippen molar-refractivity contribution in [2.24, 2.45) is 17.3 Å². The van der Waals surface area contributed by atoms with E-state index >= 15 is 0 Å². The van der Waals surface area contributed by atoms with Crippen LogP contribution in [-0.4, -0.2) is 21.6 Å². The Morgan fingerprint density at radius 3 is 2.68 bits per heavy atom. The molecule has 4 aliphatic carbocycles. The van der Waals surface area contributed by atoms with Gasteiger partial charge in [-0.05, 0) is 74.8 Å². The molecule has 118 valence electrons. The number of hydrogen-bond donors (Lipinski definition) is 2. The molecule has 0 saturated heterocycles. The van der Waals surface area contributed by atoms with Crippen LogP contribution in [0.15, 0.2) is 18.2 Å². The van der Waals surface area contributed by atoms with E-state index in [-0.39, 0.29) is 11.3 Å². The predicted octanol–water partition coefficient (Wildman–Crippen LogP) is 3.05. The lowest BCUT2D eigenvalue weighted by atomic mass is 9.47. The molecule has 0 spiro atoms. The molecular weight excluding hydrogens is 276 g/mol. The monoisotopic (exact) mass is 300 g/mol. The van der Waals surface area contributed by atoms with Crippen LogP contribution in [0, 0.1) is 24.2 Å². The average molecular weight is 300 g/mol. The molecule has 2 unspecified atom stereocenters. The lowest BCUT2D eigenvalue weighted by Crippen LogP contribution is -2.56. The second-order valence-electron chi connectivity index (χ2n) is 8.07. The molecular formula is C18H24N2O2. The smallest absolute Gasteiger partial charge is 0.226 e. The summed E-state index contributed by atoms with van der Waals surface area (Å²) in [5, 5.41) is 13.7. The van der Waals surface area contributed by atoms with Gasteiger partial charge >= 0.3 is 0 Å². The SMILES string of the molecule is Cc1cccc(NC(=O)CC23CC4CC(CC(O)(C4)C2)C3)n1. The fourth-order valence-electron chi connectivity index (χ4n) is 5.75. The van der Waals surface area contributed by atoms with Gasteiger partial charge in [-0.25, -0.2) is 4.98 Å². The van der Waals surface area contributed by atoms with E-state index in [0.717, 1.165) is 37.8 Å². The highest BCUT2D eigenvalue weighted by Crippen LogP contribution is 2.62. The van der Waals surface area contributed by atoms with E-state index in [9.17, 15) is 9.90 Å². The summed E-state index contributed by atoms with van der Waals surface area (Å²) < 4.78 is 0. The highest BCUT2D eigenvalue weighted by atomic mass is 16.3. The number of nitrogens with one attached hydrogen (secondary N) is 1. The van der Waals surface area contributed by atoms with Gasteiger partial charge in [0.05, 0.1) is 5.60 Å². The molecule has 22 heavy (non-hydrogen) atoms. The van der Waals surface area contributed by atoms with Crippen molar-refractivity contribution in [2.75, 3.05) is 5.32 Å². The molecule has 4 bridgehead atoms. The number of aryl methyl sites for hydroxylation is 1. The van der Waals surface area contributed by atoms with E-state index in [2.05, 4.69) is 10.3 Å². The summed E-state index contributed by atoms with van der Waals surface area (Å²) in [5.41, 5.74) is 0.431. The number of amides is 1. The number of aromatic nitrogens is 1. The number of nitrogens with zero attached hydrogens (tertiary/aromatic N) is 1. The lowest BCUT2D eigenvalue weighted by Gasteiger charge is -2.60. The first kappa shape index (κ1) is 14.2. The van der Waals surface area contributed by atoms with E-state index in [1.807, 2.05) is 25.1 Å². The molecule has 1 amide bonds. The summed E-state index contributed by atoms with van der Waals surface area (Å²) in [6.07, 6.45) is 6.71. The van der Waals surface area contributed by atoms with Gasteiger partial charge in [0.25, 0.3) is 0 Å². The molecule has 4 nitrogen and oxygen atoms in total. The Balaban J connectivity index is 1.47. The zero-order chi connectivity index (χ0) is 15.4. The Hall–Kier alpha value is -1.42. The van der Waals surface area contributed by atoms with Crippen molar-refractivity contribution in [2.45, 2.75) is 57.5 Å². The summed E-state index contributed by atoms with van der Waals surface area (Å²) >= 11 is 0. The first-order valence-corrected chi connectivity index (χ1v) is 8.40. The van der Waals surface area contributed by atoms with Crippen LogP contribution in [0.3, 0.4) is 0 Å². The van der Waals surface area contributed by atoms with Crippen LogP contribution in [-0.2, 0) is 4.79 Å². The van der Waals surface area contributed by atoms with Crippen molar-refractivity contribution < 1.29 is 9.90 Å². The minimum Gasteiger partial charge on any atom is -0.390 e. The van der Waals surface area contributed by atoms with Crippen LogP contribution in [0.5, 0.6) is 0 Å². The third-order valence-corrected chi connectivity index (χ3v) is 5.84. The van der Waals surface area contributed by atoms with E-state index in [4.69, 9.17) is 0 Å². The zero-order valence-corrected chi connectivity index (χ0v) is 13.1. The van der Waals surface area contributed by atoms with Crippen molar-refractivity contribution >= 4 is 11.7 Å². The molecule has 1 aromatic heterocycles. The van der Waals surface area contributed by atoms with Gasteiger partial charge in [-0.3, -0.25) is 4.79 Å². The standard InChI is InChI=1S/C18H24N2O2/c1-12-3-2-4-15(19-12)20-16(21)10-17-6-13-5-14(7-17)9-18(22,8-13)11-17/h2-4,13-14,22H,5-11H2,1H3,(H,19,20,21). The summed E-state index contributed by atoms with van der Waals surface area (Å²) in [5.74, 6) is 1.92. The van der Waals surface area contributed by atoms with E-state index in [0.29, 0.717) is 24.1 Å². The van der Waals surface area contributed by atoms with Gasteiger partial charge in [-0.2, -0.15) is 0 Å². The van der Waals surface area contributed by atoms with Crippen molar-refractivity contribution in [3.8, 4) is 0 Å². The zero-order valence-electron chi connectivity index (χ0n) is 13.1. The molecule has 4 heteroatoms. The van der Waals surface area contributed by atoms with Crippen molar-refractivity contribution in [3.05, 3.63) is 23.9 Å². The summed E-state index contributed by atoms with van der Waals surface area (Å²) in [4.78, 5) is 16.8. The Morgan fingerprint density at radius 1 is 1.32 bits per heavy atom. The van der Waals surface area contributed by atoms with Crippen molar-refractivity contribution in [3.63, 3.8) is 0 Å². The van der Waals surface area contributed by atoms with Gasteiger partial charge in [0.1, 0.15) is 5.82 Å². The lowest BCUT2D eigenvalue weighted by molar-refractivity contribution is -0.167. The molecule has 2 atom stereocenters. The number of aliphatic hydroxyl groups is 1. The molecule has 4 saturated carbocycles. The second-order valence-corrected chi connectivity index (χ2v) is 8.07.